The molecule has 5 aliphatic rings. The maximum Gasteiger partial charge on any atom is 0.310 e. The first-order valence-corrected chi connectivity index (χ1v) is 10.0. The average Bonchev–Trinajstić information content (AvgIpc) is 3.26. The van der Waals surface area contributed by atoms with Gasteiger partial charge < -0.3 is 9.84 Å². The van der Waals surface area contributed by atoms with E-state index in [0.717, 1.165) is 6.42 Å². The van der Waals surface area contributed by atoms with Crippen molar-refractivity contribution in [3.63, 3.8) is 0 Å². The largest absolute Gasteiger partial charge is 0.481 e. The van der Waals surface area contributed by atoms with E-state index in [1.165, 1.54) is 0 Å². The summed E-state index contributed by atoms with van der Waals surface area (Å²) >= 11 is 0. The summed E-state index contributed by atoms with van der Waals surface area (Å²) < 4.78 is 32.5. The van der Waals surface area contributed by atoms with Crippen molar-refractivity contribution in [3.8, 4) is 0 Å². The maximum absolute atomic E-state index is 12.7. The van der Waals surface area contributed by atoms with Gasteiger partial charge in [0.25, 0.3) is 0 Å². The predicted molar refractivity (Wildman–Crippen MR) is 81.1 cm³/mol. The minimum absolute atomic E-state index is 0.0213. The maximum atomic E-state index is 12.7. The molecule has 5 rings (SSSR count). The van der Waals surface area contributed by atoms with Crippen molar-refractivity contribution in [2.45, 2.75) is 36.7 Å². The van der Waals surface area contributed by atoms with Gasteiger partial charge in [-0.05, 0) is 42.9 Å². The number of sulfonamides is 1. The van der Waals surface area contributed by atoms with Crippen molar-refractivity contribution in [2.75, 3.05) is 0 Å². The number of ether oxygens (including phenoxy) is 1. The van der Waals surface area contributed by atoms with E-state index in [0.29, 0.717) is 12.8 Å². The summed E-state index contributed by atoms with van der Waals surface area (Å²) in [6.45, 7) is 0. The van der Waals surface area contributed by atoms with E-state index >= 15 is 0 Å². The van der Waals surface area contributed by atoms with Gasteiger partial charge in [0.15, 0.2) is 0 Å². The SMILES string of the molecule is O=C(O)C1C2C=CC(C2)C1C(=O)OC1C2CC3C1NS(=O)(=O)C3C2. The van der Waals surface area contributed by atoms with Gasteiger partial charge in [0.05, 0.1) is 23.1 Å². The van der Waals surface area contributed by atoms with Crippen LogP contribution in [0.5, 0.6) is 0 Å². The second-order valence-electron chi connectivity index (χ2n) is 7.86. The molecule has 130 valence electrons. The summed E-state index contributed by atoms with van der Waals surface area (Å²) in [7, 11) is -3.30. The molecule has 0 amide bonds. The highest BCUT2D eigenvalue weighted by Crippen LogP contribution is 2.54. The van der Waals surface area contributed by atoms with Gasteiger partial charge in [-0.3, -0.25) is 9.59 Å². The Kier molecular flexibility index (Phi) is 2.86. The summed E-state index contributed by atoms with van der Waals surface area (Å²) in [5.74, 6) is -2.88. The molecule has 8 heteroatoms. The summed E-state index contributed by atoms with van der Waals surface area (Å²) in [4.78, 5) is 24.3. The fraction of sp³-hybridized carbons (Fsp3) is 0.750. The van der Waals surface area contributed by atoms with Crippen LogP contribution in [0, 0.1) is 35.5 Å². The highest BCUT2D eigenvalue weighted by molar-refractivity contribution is 7.90. The number of hydrogen-bond acceptors (Lipinski definition) is 5. The van der Waals surface area contributed by atoms with Gasteiger partial charge in [0.2, 0.25) is 10.0 Å². The zero-order chi connectivity index (χ0) is 16.8. The molecule has 3 saturated carbocycles. The van der Waals surface area contributed by atoms with Crippen molar-refractivity contribution >= 4 is 22.0 Å². The quantitative estimate of drug-likeness (QED) is 0.551. The first kappa shape index (κ1) is 14.9. The third-order valence-corrected chi connectivity index (χ3v) is 8.77. The molecular weight excluding hydrogens is 334 g/mol. The van der Waals surface area contributed by atoms with Crippen molar-refractivity contribution in [1.82, 2.24) is 4.72 Å². The number of rotatable bonds is 3. The van der Waals surface area contributed by atoms with E-state index in [-0.39, 0.29) is 35.0 Å². The molecule has 7 nitrogen and oxygen atoms in total. The molecule has 0 spiro atoms. The summed E-state index contributed by atoms with van der Waals surface area (Å²) in [5.41, 5.74) is 0. The number of carbonyl (C=O) groups excluding carboxylic acids is 1. The first-order valence-electron chi connectivity index (χ1n) is 8.49. The van der Waals surface area contributed by atoms with Crippen molar-refractivity contribution in [3.05, 3.63) is 12.2 Å². The smallest absolute Gasteiger partial charge is 0.310 e. The van der Waals surface area contributed by atoms with Crippen LogP contribution in [-0.4, -0.2) is 42.9 Å². The molecule has 0 aromatic carbocycles. The molecule has 9 unspecified atom stereocenters. The molecule has 0 radical (unpaired) electrons. The van der Waals surface area contributed by atoms with E-state index in [1.54, 1.807) is 0 Å². The lowest BCUT2D eigenvalue weighted by Gasteiger charge is -2.30. The standard InChI is InChI=1S/C16H19NO6S/c18-15(19)11-6-1-2-7(3-6)12(11)16(20)23-14-8-4-9-10(5-8)24(21,22)17-13(9)14/h1-2,6-14,17H,3-5H2,(H,18,19). The number of allylic oxidation sites excluding steroid dienone is 2. The molecule has 24 heavy (non-hydrogen) atoms. The Hall–Kier alpha value is -1.41. The fourth-order valence-corrected chi connectivity index (χ4v) is 8.01. The van der Waals surface area contributed by atoms with E-state index in [2.05, 4.69) is 4.72 Å². The Morgan fingerprint density at radius 2 is 1.79 bits per heavy atom. The third-order valence-electron chi connectivity index (χ3n) is 6.84. The Morgan fingerprint density at radius 3 is 2.50 bits per heavy atom. The van der Waals surface area contributed by atoms with Crippen LogP contribution in [0.4, 0.5) is 0 Å². The minimum atomic E-state index is -3.30. The normalized spacial score (nSPS) is 52.1. The predicted octanol–water partition coefficient (Wildman–Crippen LogP) is 0.131. The van der Waals surface area contributed by atoms with E-state index in [1.807, 2.05) is 12.2 Å². The van der Waals surface area contributed by atoms with Crippen LogP contribution >= 0.6 is 0 Å². The summed E-state index contributed by atoms with van der Waals surface area (Å²) in [6.07, 6.45) is 5.34. The van der Waals surface area contributed by atoms with Gasteiger partial charge in [0.1, 0.15) is 6.10 Å². The number of esters is 1. The lowest BCUT2D eigenvalue weighted by atomic mass is 9.83. The Labute approximate surface area is 139 Å². The summed E-state index contributed by atoms with van der Waals surface area (Å²) in [6, 6.07) is -0.333. The molecule has 0 aromatic rings. The number of fused-ring (bicyclic) bond motifs is 3. The Morgan fingerprint density at radius 1 is 1.08 bits per heavy atom. The van der Waals surface area contributed by atoms with Gasteiger partial charge in [-0.2, -0.15) is 0 Å². The zero-order valence-corrected chi connectivity index (χ0v) is 13.7. The van der Waals surface area contributed by atoms with Crippen LogP contribution in [0.1, 0.15) is 19.3 Å². The molecule has 2 N–H and O–H groups in total. The van der Waals surface area contributed by atoms with Crippen LogP contribution in [0.2, 0.25) is 0 Å². The Balaban J connectivity index is 1.37. The van der Waals surface area contributed by atoms with Gasteiger partial charge in [0, 0.05) is 0 Å². The average molecular weight is 353 g/mol. The van der Waals surface area contributed by atoms with Crippen molar-refractivity contribution in [1.29, 1.82) is 0 Å². The number of nitrogens with one attached hydrogen (secondary N) is 1. The van der Waals surface area contributed by atoms with Crippen molar-refractivity contribution < 1.29 is 27.9 Å². The first-order chi connectivity index (χ1) is 11.4. The van der Waals surface area contributed by atoms with Gasteiger partial charge in [-0.25, -0.2) is 13.1 Å². The van der Waals surface area contributed by atoms with Crippen LogP contribution in [0.3, 0.4) is 0 Å². The molecule has 0 aromatic heterocycles. The third kappa shape index (κ3) is 1.78. The number of hydrogen-bond donors (Lipinski definition) is 2. The molecule has 1 saturated heterocycles. The number of carboxylic acid groups (broad SMARTS) is 1. The highest BCUT2D eigenvalue weighted by Gasteiger charge is 2.64. The van der Waals surface area contributed by atoms with Gasteiger partial charge >= 0.3 is 11.9 Å². The minimum Gasteiger partial charge on any atom is -0.481 e. The van der Waals surface area contributed by atoms with E-state index in [4.69, 9.17) is 4.74 Å². The number of carboxylic acids is 1. The molecule has 4 fully saturated rings. The second kappa shape index (κ2) is 4.60. The fourth-order valence-electron chi connectivity index (χ4n) is 5.90. The lowest BCUT2D eigenvalue weighted by Crippen LogP contribution is -2.44. The molecule has 4 bridgehead atoms. The molecule has 9 atom stereocenters. The molecular formula is C16H19NO6S. The molecule has 4 aliphatic carbocycles. The topological polar surface area (TPSA) is 110 Å². The number of aliphatic carboxylic acids is 1. The van der Waals surface area contributed by atoms with Gasteiger partial charge in [-0.15, -0.1) is 0 Å². The van der Waals surface area contributed by atoms with E-state index in [9.17, 15) is 23.1 Å². The Bertz CT molecular complexity index is 761. The summed E-state index contributed by atoms with van der Waals surface area (Å²) in [5, 5.41) is 9.11. The second-order valence-corrected chi connectivity index (χ2v) is 9.79. The van der Waals surface area contributed by atoms with Crippen LogP contribution in [0.15, 0.2) is 12.2 Å². The zero-order valence-electron chi connectivity index (χ0n) is 12.9. The van der Waals surface area contributed by atoms with Crippen LogP contribution in [0.25, 0.3) is 0 Å². The lowest BCUT2D eigenvalue weighted by molar-refractivity contribution is -0.165. The van der Waals surface area contributed by atoms with Crippen LogP contribution in [-0.2, 0) is 24.3 Å². The number of carbonyl (C=O) groups is 2. The van der Waals surface area contributed by atoms with E-state index < -0.39 is 39.9 Å². The van der Waals surface area contributed by atoms with Crippen molar-refractivity contribution in [2.24, 2.45) is 35.5 Å². The molecule has 1 heterocycles. The van der Waals surface area contributed by atoms with Crippen LogP contribution < -0.4 is 4.72 Å². The van der Waals surface area contributed by atoms with Gasteiger partial charge in [-0.1, -0.05) is 12.2 Å². The highest BCUT2D eigenvalue weighted by atomic mass is 32.2. The molecule has 1 aliphatic heterocycles. The monoisotopic (exact) mass is 353 g/mol.